The zero-order valence-electron chi connectivity index (χ0n) is 20.2. The van der Waals surface area contributed by atoms with Crippen LogP contribution in [0, 0.1) is 15.7 Å². The average molecular weight is 463 g/mol. The Bertz CT molecular complexity index is 891. The first-order chi connectivity index (χ1) is 15.5. The summed E-state index contributed by atoms with van der Waals surface area (Å²) in [5.74, 6) is 3.19. The normalized spacial score (nSPS) is 12.9. The van der Waals surface area contributed by atoms with Gasteiger partial charge < -0.3 is 15.3 Å². The largest absolute Gasteiger partial charge is 0.422 e. The fourth-order valence-electron chi connectivity index (χ4n) is 2.91. The number of ether oxygens (including phenoxy) is 2. The van der Waals surface area contributed by atoms with E-state index in [1.165, 1.54) is 12.1 Å². The highest BCUT2D eigenvalue weighted by Crippen LogP contribution is 2.36. The van der Waals surface area contributed by atoms with Crippen molar-refractivity contribution in [1.29, 1.82) is 0 Å². The lowest BCUT2D eigenvalue weighted by Gasteiger charge is -2.26. The molecule has 0 aromatic heterocycles. The number of amides is 1. The molecule has 0 fully saturated rings. The summed E-state index contributed by atoms with van der Waals surface area (Å²) >= 11 is 0. The van der Waals surface area contributed by atoms with Crippen LogP contribution in [0.4, 0.5) is 0 Å². The second kappa shape index (κ2) is 12.2. The molecule has 2 N–H and O–H groups in total. The highest BCUT2D eigenvalue weighted by atomic mass is 16.6. The summed E-state index contributed by atoms with van der Waals surface area (Å²) in [6.45, 7) is 11.2. The number of hydrogen-bond acceptors (Lipinski definition) is 8. The molecular weight excluding hydrogens is 428 g/mol. The third kappa shape index (κ3) is 6.90. The summed E-state index contributed by atoms with van der Waals surface area (Å²) < 4.78 is 11.3. The van der Waals surface area contributed by atoms with Crippen LogP contribution in [0.3, 0.4) is 0 Å². The molecule has 1 rings (SSSR count). The molecule has 10 heteroatoms. The van der Waals surface area contributed by atoms with Crippen molar-refractivity contribution in [2.24, 2.45) is 32.2 Å². The third-order valence-electron chi connectivity index (χ3n) is 6.53. The first-order valence-corrected chi connectivity index (χ1v) is 11.1. The number of nitroso groups, excluding NO2 is 1. The number of hydrogen-bond donors (Lipinski definition) is 1. The summed E-state index contributed by atoms with van der Waals surface area (Å²) in [6.07, 6.45) is 2.20. The summed E-state index contributed by atoms with van der Waals surface area (Å²) in [5, 5.41) is 9.00. The number of carbonyl (C=O) groups is 3. The Kier molecular flexibility index (Phi) is 10.3. The second-order valence-electron chi connectivity index (χ2n) is 8.48. The van der Waals surface area contributed by atoms with Gasteiger partial charge in [-0.3, -0.25) is 14.4 Å². The van der Waals surface area contributed by atoms with E-state index >= 15 is 0 Å². The third-order valence-corrected chi connectivity index (χ3v) is 6.53. The quantitative estimate of drug-likeness (QED) is 0.118. The van der Waals surface area contributed by atoms with Gasteiger partial charge in [-0.2, -0.15) is 5.11 Å². The van der Waals surface area contributed by atoms with Crippen molar-refractivity contribution < 1.29 is 23.9 Å². The number of benzene rings is 1. The van der Waals surface area contributed by atoms with Gasteiger partial charge in [0.25, 0.3) is 0 Å². The van der Waals surface area contributed by atoms with Crippen molar-refractivity contribution in [2.75, 3.05) is 0 Å². The van der Waals surface area contributed by atoms with Crippen molar-refractivity contribution >= 4 is 17.8 Å². The number of nitrogens with zero attached hydrogens (tertiary/aromatic N) is 3. The molecule has 0 radical (unpaired) electrons. The Morgan fingerprint density at radius 2 is 1.39 bits per heavy atom. The van der Waals surface area contributed by atoms with Gasteiger partial charge in [0.15, 0.2) is 17.5 Å². The van der Waals surface area contributed by atoms with Gasteiger partial charge in [0.05, 0.1) is 10.8 Å². The summed E-state index contributed by atoms with van der Waals surface area (Å²) in [7, 11) is 0. The highest BCUT2D eigenvalue weighted by molar-refractivity contribution is 5.83. The second-order valence-corrected chi connectivity index (χ2v) is 8.48. The van der Waals surface area contributed by atoms with Crippen molar-refractivity contribution in [3.8, 4) is 11.5 Å². The van der Waals surface area contributed by atoms with Crippen LogP contribution in [0.15, 0.2) is 33.7 Å². The number of esters is 2. The minimum absolute atomic E-state index is 0.0310. The first kappa shape index (κ1) is 27.9. The predicted octanol–water partition coefficient (Wildman–Crippen LogP) is 4.68. The molecule has 0 bridgehead atoms. The van der Waals surface area contributed by atoms with E-state index in [0.717, 1.165) is 0 Å². The summed E-state index contributed by atoms with van der Waals surface area (Å²) in [6, 6.07) is 3.31. The highest BCUT2D eigenvalue weighted by Gasteiger charge is 2.34. The van der Waals surface area contributed by atoms with Crippen molar-refractivity contribution in [3.05, 3.63) is 28.7 Å². The van der Waals surface area contributed by atoms with Gasteiger partial charge in [-0.15, -0.1) is 4.91 Å². The van der Waals surface area contributed by atoms with Crippen molar-refractivity contribution in [1.82, 2.24) is 0 Å². The Balaban J connectivity index is 3.41. The molecule has 182 valence electrons. The molecule has 0 saturated carbocycles. The Hall–Kier alpha value is -3.17. The molecule has 0 saturated heterocycles. The molecule has 0 aliphatic carbocycles. The zero-order chi connectivity index (χ0) is 25.2. The molecule has 10 nitrogen and oxygen atoms in total. The molecule has 33 heavy (non-hydrogen) atoms. The number of rotatable bonds is 12. The van der Waals surface area contributed by atoms with Gasteiger partial charge in [-0.25, -0.2) is 0 Å². The van der Waals surface area contributed by atoms with E-state index in [9.17, 15) is 19.3 Å². The molecule has 0 spiro atoms. The monoisotopic (exact) mass is 462 g/mol. The van der Waals surface area contributed by atoms with Crippen LogP contribution in [0.1, 0.15) is 72.8 Å². The maximum atomic E-state index is 12.9. The molecule has 0 aliphatic heterocycles. The van der Waals surface area contributed by atoms with Crippen LogP contribution in [0.25, 0.3) is 0 Å². The van der Waals surface area contributed by atoms with E-state index in [-0.39, 0.29) is 17.9 Å². The molecule has 0 aliphatic rings. The topological polar surface area (TPSA) is 150 Å². The molecule has 1 aromatic carbocycles. The SMILES string of the molecule is CCC(C)(CC)C(=O)Oc1ccc(C[C@H](N=NN)C(=O)N=O)cc1OC(=O)C(C)(CC)CC. The Labute approximate surface area is 194 Å². The van der Waals surface area contributed by atoms with Crippen molar-refractivity contribution in [3.63, 3.8) is 0 Å². The van der Waals surface area contributed by atoms with Crippen LogP contribution < -0.4 is 15.3 Å². The predicted molar refractivity (Wildman–Crippen MR) is 122 cm³/mol. The lowest BCUT2D eigenvalue weighted by atomic mass is 9.85. The minimum Gasteiger partial charge on any atom is -0.422 e. The van der Waals surface area contributed by atoms with Crippen LogP contribution in [-0.4, -0.2) is 23.9 Å². The van der Waals surface area contributed by atoms with E-state index in [0.29, 0.717) is 31.2 Å². The van der Waals surface area contributed by atoms with E-state index in [1.54, 1.807) is 19.9 Å². The Morgan fingerprint density at radius 3 is 1.82 bits per heavy atom. The van der Waals surface area contributed by atoms with Crippen LogP contribution >= 0.6 is 0 Å². The molecule has 1 amide bonds. The lowest BCUT2D eigenvalue weighted by molar-refractivity contribution is -0.148. The molecular formula is C23H34N4O6. The van der Waals surface area contributed by atoms with Crippen LogP contribution in [-0.2, 0) is 20.8 Å². The Morgan fingerprint density at radius 1 is 0.909 bits per heavy atom. The van der Waals surface area contributed by atoms with E-state index in [2.05, 4.69) is 15.5 Å². The van der Waals surface area contributed by atoms with Gasteiger partial charge in [-0.05, 0) is 57.2 Å². The maximum absolute atomic E-state index is 12.9. The van der Waals surface area contributed by atoms with Gasteiger partial charge in [0.2, 0.25) is 0 Å². The summed E-state index contributed by atoms with van der Waals surface area (Å²) in [5.41, 5.74) is -0.946. The minimum atomic E-state index is -1.22. The molecule has 0 unspecified atom stereocenters. The van der Waals surface area contributed by atoms with E-state index < -0.39 is 34.7 Å². The molecule has 0 heterocycles. The fraction of sp³-hybridized carbons (Fsp3) is 0.609. The van der Waals surface area contributed by atoms with E-state index in [1.807, 2.05) is 27.7 Å². The number of nitrogens with two attached hydrogens (primary N) is 1. The maximum Gasteiger partial charge on any atom is 0.317 e. The standard InChI is InChI=1S/C23H34N4O6/c1-7-22(5,8-2)20(29)32-17-12-11-15(13-16(25-27-24)19(28)26-31)14-18(17)33-21(30)23(6,9-3)10-4/h11-12,14,16H,7-10,13H2,1-6H3,(H2,24,25)/t16-/m0/s1. The van der Waals surface area contributed by atoms with Gasteiger partial charge in [-0.1, -0.05) is 39.0 Å². The van der Waals surface area contributed by atoms with E-state index in [4.69, 9.17) is 15.3 Å². The van der Waals surface area contributed by atoms with Gasteiger partial charge in [0, 0.05) is 11.6 Å². The average Bonchev–Trinajstić information content (AvgIpc) is 2.83. The molecule has 1 aromatic rings. The number of carbonyl (C=O) groups excluding carboxylic acids is 3. The van der Waals surface area contributed by atoms with Crippen LogP contribution in [0.2, 0.25) is 0 Å². The fourth-order valence-corrected chi connectivity index (χ4v) is 2.91. The smallest absolute Gasteiger partial charge is 0.317 e. The van der Waals surface area contributed by atoms with Gasteiger partial charge >= 0.3 is 17.8 Å². The van der Waals surface area contributed by atoms with Crippen molar-refractivity contribution in [2.45, 2.75) is 79.7 Å². The lowest BCUT2D eigenvalue weighted by Crippen LogP contribution is -2.32. The summed E-state index contributed by atoms with van der Waals surface area (Å²) in [4.78, 5) is 48.1. The first-order valence-electron chi connectivity index (χ1n) is 11.1. The van der Waals surface area contributed by atoms with Crippen LogP contribution in [0.5, 0.6) is 11.5 Å². The molecule has 1 atom stereocenters. The zero-order valence-corrected chi connectivity index (χ0v) is 20.2. The van der Waals surface area contributed by atoms with Gasteiger partial charge in [0.1, 0.15) is 0 Å².